The summed E-state index contributed by atoms with van der Waals surface area (Å²) < 4.78 is 38.3. The van der Waals surface area contributed by atoms with Gasteiger partial charge in [-0.05, 0) is 55.3 Å². The molecule has 27 heavy (non-hydrogen) atoms. The van der Waals surface area contributed by atoms with Crippen molar-refractivity contribution in [3.63, 3.8) is 0 Å². The van der Waals surface area contributed by atoms with Crippen molar-refractivity contribution in [3.8, 4) is 0 Å². The summed E-state index contributed by atoms with van der Waals surface area (Å²) in [6.45, 7) is 2.01. The van der Waals surface area contributed by atoms with Crippen molar-refractivity contribution in [1.82, 2.24) is 0 Å². The maximum atomic E-state index is 12.8. The molecule has 1 saturated heterocycles. The lowest BCUT2D eigenvalue weighted by Crippen LogP contribution is -2.22. The van der Waals surface area contributed by atoms with E-state index in [2.05, 4.69) is 15.5 Å². The summed E-state index contributed by atoms with van der Waals surface area (Å²) in [5.41, 5.74) is 0.955. The summed E-state index contributed by atoms with van der Waals surface area (Å²) in [5, 5.41) is 5.41. The van der Waals surface area contributed by atoms with Gasteiger partial charge in [-0.1, -0.05) is 11.6 Å². The van der Waals surface area contributed by atoms with Crippen LogP contribution in [0.3, 0.4) is 0 Å². The summed E-state index contributed by atoms with van der Waals surface area (Å²) in [5.74, 6) is -0.486. The van der Waals surface area contributed by atoms with E-state index >= 15 is 0 Å². The van der Waals surface area contributed by atoms with Crippen LogP contribution in [-0.2, 0) is 11.0 Å². The Labute approximate surface area is 160 Å². The summed E-state index contributed by atoms with van der Waals surface area (Å²) >= 11 is 5.88. The third-order valence-electron chi connectivity index (χ3n) is 4.36. The Balaban J connectivity index is 1.57. The fourth-order valence-corrected chi connectivity index (χ4v) is 3.10. The molecule has 0 bridgehead atoms. The van der Waals surface area contributed by atoms with Crippen LogP contribution < -0.4 is 15.5 Å². The molecular weight excluding hydrogens is 379 g/mol. The number of amides is 1. The number of hydrogen-bond acceptors (Lipinski definition) is 3. The molecule has 1 aliphatic rings. The molecule has 8 heteroatoms. The lowest BCUT2D eigenvalue weighted by atomic mass is 10.2. The molecule has 2 aromatic carbocycles. The zero-order chi connectivity index (χ0) is 19.4. The van der Waals surface area contributed by atoms with Crippen molar-refractivity contribution >= 4 is 34.6 Å². The van der Waals surface area contributed by atoms with Gasteiger partial charge < -0.3 is 15.5 Å². The molecular formula is C19H19ClF3N3O. The van der Waals surface area contributed by atoms with Gasteiger partial charge in [0, 0.05) is 24.5 Å². The van der Waals surface area contributed by atoms with Crippen LogP contribution in [0.1, 0.15) is 18.4 Å². The Morgan fingerprint density at radius 2 is 1.74 bits per heavy atom. The number of hydrogen-bond donors (Lipinski definition) is 2. The summed E-state index contributed by atoms with van der Waals surface area (Å²) in [7, 11) is 0. The monoisotopic (exact) mass is 397 g/mol. The van der Waals surface area contributed by atoms with Gasteiger partial charge in [0.25, 0.3) is 0 Å². The van der Waals surface area contributed by atoms with Crippen LogP contribution in [0.5, 0.6) is 0 Å². The van der Waals surface area contributed by atoms with Crippen LogP contribution >= 0.6 is 11.6 Å². The van der Waals surface area contributed by atoms with Crippen molar-refractivity contribution in [2.24, 2.45) is 0 Å². The highest BCUT2D eigenvalue weighted by atomic mass is 35.5. The van der Waals surface area contributed by atoms with Crippen LogP contribution in [0.25, 0.3) is 0 Å². The van der Waals surface area contributed by atoms with Crippen LogP contribution in [0.2, 0.25) is 5.02 Å². The number of carbonyl (C=O) groups excluding carboxylic acids is 1. The third kappa shape index (κ3) is 5.07. The average molecular weight is 398 g/mol. The predicted octanol–water partition coefficient (Wildman–Crippen LogP) is 5.01. The van der Waals surface area contributed by atoms with Gasteiger partial charge in [0.05, 0.1) is 22.8 Å². The smallest absolute Gasteiger partial charge is 0.376 e. The molecule has 0 aliphatic carbocycles. The highest BCUT2D eigenvalue weighted by Gasteiger charge is 2.31. The standard InChI is InChI=1S/C19H19ClF3N3O/c20-16-8-3-13(19(21,22)23)11-17(16)25-18(27)12-24-14-4-6-15(7-5-14)26-9-1-2-10-26/h3-8,11,24H,1-2,9-10,12H2,(H,25,27). The molecule has 4 nitrogen and oxygen atoms in total. The van der Waals surface area contributed by atoms with E-state index in [1.807, 2.05) is 24.3 Å². The SMILES string of the molecule is O=C(CNc1ccc(N2CCCC2)cc1)Nc1cc(C(F)(F)F)ccc1Cl. The van der Waals surface area contributed by atoms with E-state index in [0.717, 1.165) is 42.7 Å². The Bertz CT molecular complexity index is 803. The zero-order valence-corrected chi connectivity index (χ0v) is 15.2. The fourth-order valence-electron chi connectivity index (χ4n) is 2.94. The predicted molar refractivity (Wildman–Crippen MR) is 101 cm³/mol. The molecule has 1 amide bonds. The topological polar surface area (TPSA) is 44.4 Å². The van der Waals surface area contributed by atoms with E-state index in [0.29, 0.717) is 0 Å². The first kappa shape index (κ1) is 19.4. The van der Waals surface area contributed by atoms with E-state index < -0.39 is 17.6 Å². The molecule has 0 radical (unpaired) electrons. The summed E-state index contributed by atoms with van der Waals surface area (Å²) in [4.78, 5) is 14.4. The molecule has 2 aromatic rings. The van der Waals surface area contributed by atoms with E-state index in [-0.39, 0.29) is 17.3 Å². The van der Waals surface area contributed by atoms with E-state index in [4.69, 9.17) is 11.6 Å². The van der Waals surface area contributed by atoms with Crippen LogP contribution in [0, 0.1) is 0 Å². The van der Waals surface area contributed by atoms with Crippen molar-refractivity contribution in [3.05, 3.63) is 53.1 Å². The number of nitrogens with zero attached hydrogens (tertiary/aromatic N) is 1. The number of halogens is 4. The number of nitrogens with one attached hydrogen (secondary N) is 2. The molecule has 0 spiro atoms. The van der Waals surface area contributed by atoms with Gasteiger partial charge in [0.1, 0.15) is 0 Å². The Morgan fingerprint density at radius 1 is 1.07 bits per heavy atom. The van der Waals surface area contributed by atoms with Gasteiger partial charge >= 0.3 is 6.18 Å². The van der Waals surface area contributed by atoms with Gasteiger partial charge in [-0.15, -0.1) is 0 Å². The maximum absolute atomic E-state index is 12.8. The Kier molecular flexibility index (Phi) is 5.79. The second-order valence-corrected chi connectivity index (χ2v) is 6.74. The lowest BCUT2D eigenvalue weighted by Gasteiger charge is -2.18. The number of anilines is 3. The highest BCUT2D eigenvalue weighted by molar-refractivity contribution is 6.33. The van der Waals surface area contributed by atoms with Crippen molar-refractivity contribution in [1.29, 1.82) is 0 Å². The van der Waals surface area contributed by atoms with Gasteiger partial charge in [-0.25, -0.2) is 0 Å². The van der Waals surface area contributed by atoms with Crippen LogP contribution in [-0.4, -0.2) is 25.5 Å². The molecule has 2 N–H and O–H groups in total. The fraction of sp³-hybridized carbons (Fsp3) is 0.316. The molecule has 0 saturated carbocycles. The number of benzene rings is 2. The summed E-state index contributed by atoms with van der Waals surface area (Å²) in [6, 6.07) is 10.5. The zero-order valence-electron chi connectivity index (χ0n) is 14.4. The normalized spacial score (nSPS) is 14.3. The number of carbonyl (C=O) groups is 1. The summed E-state index contributed by atoms with van der Waals surface area (Å²) in [6.07, 6.45) is -2.12. The maximum Gasteiger partial charge on any atom is 0.416 e. The van der Waals surface area contributed by atoms with E-state index in [1.165, 1.54) is 12.8 Å². The first-order valence-corrected chi connectivity index (χ1v) is 8.96. The highest BCUT2D eigenvalue weighted by Crippen LogP contribution is 2.33. The minimum atomic E-state index is -4.50. The van der Waals surface area contributed by atoms with Crippen molar-refractivity contribution in [2.75, 3.05) is 35.2 Å². The Hall–Kier alpha value is -2.41. The number of alkyl halides is 3. The van der Waals surface area contributed by atoms with Crippen molar-refractivity contribution < 1.29 is 18.0 Å². The van der Waals surface area contributed by atoms with Crippen molar-refractivity contribution in [2.45, 2.75) is 19.0 Å². The van der Waals surface area contributed by atoms with E-state index in [9.17, 15) is 18.0 Å². The molecule has 1 aliphatic heterocycles. The molecule has 1 heterocycles. The average Bonchev–Trinajstić information content (AvgIpc) is 3.16. The lowest BCUT2D eigenvalue weighted by molar-refractivity contribution is -0.137. The van der Waals surface area contributed by atoms with Gasteiger partial charge in [0.15, 0.2) is 0 Å². The number of rotatable bonds is 5. The largest absolute Gasteiger partial charge is 0.416 e. The second kappa shape index (κ2) is 8.08. The van der Waals surface area contributed by atoms with Gasteiger partial charge in [-0.3, -0.25) is 4.79 Å². The molecule has 0 atom stereocenters. The quantitative estimate of drug-likeness (QED) is 0.745. The molecule has 144 valence electrons. The van der Waals surface area contributed by atoms with Crippen LogP contribution in [0.15, 0.2) is 42.5 Å². The van der Waals surface area contributed by atoms with Crippen LogP contribution in [0.4, 0.5) is 30.2 Å². The molecule has 0 unspecified atom stereocenters. The Morgan fingerprint density at radius 3 is 2.37 bits per heavy atom. The minimum absolute atomic E-state index is 0.0475. The minimum Gasteiger partial charge on any atom is -0.376 e. The third-order valence-corrected chi connectivity index (χ3v) is 4.69. The van der Waals surface area contributed by atoms with Gasteiger partial charge in [-0.2, -0.15) is 13.2 Å². The van der Waals surface area contributed by atoms with Gasteiger partial charge in [0.2, 0.25) is 5.91 Å². The molecule has 0 aromatic heterocycles. The molecule has 1 fully saturated rings. The second-order valence-electron chi connectivity index (χ2n) is 6.34. The first-order chi connectivity index (χ1) is 12.8. The molecule has 3 rings (SSSR count). The van der Waals surface area contributed by atoms with E-state index in [1.54, 1.807) is 0 Å². The first-order valence-electron chi connectivity index (χ1n) is 8.58.